The van der Waals surface area contributed by atoms with Gasteiger partial charge in [-0.2, -0.15) is 0 Å². The van der Waals surface area contributed by atoms with Gasteiger partial charge in [0.05, 0.1) is 0 Å². The summed E-state index contributed by atoms with van der Waals surface area (Å²) in [7, 11) is 0. The van der Waals surface area contributed by atoms with Crippen LogP contribution in [-0.2, 0) is 6.42 Å². The van der Waals surface area contributed by atoms with Crippen molar-refractivity contribution in [2.45, 2.75) is 60.8 Å². The molecule has 2 heteroatoms. The lowest BCUT2D eigenvalue weighted by Gasteiger charge is -2.14. The summed E-state index contributed by atoms with van der Waals surface area (Å²) in [6, 6.07) is 9.09. The van der Waals surface area contributed by atoms with Gasteiger partial charge in [0.25, 0.3) is 0 Å². The molecule has 0 spiro atoms. The number of hydrogen-bond acceptors (Lipinski definition) is 0. The number of halogens is 2. The molecular formula is C26H32F2. The lowest BCUT2D eigenvalue weighted by molar-refractivity contribution is 0.566. The van der Waals surface area contributed by atoms with Gasteiger partial charge in [-0.15, -0.1) is 0 Å². The van der Waals surface area contributed by atoms with Gasteiger partial charge in [-0.25, -0.2) is 8.78 Å². The summed E-state index contributed by atoms with van der Waals surface area (Å²) >= 11 is 0. The van der Waals surface area contributed by atoms with Gasteiger partial charge >= 0.3 is 0 Å². The van der Waals surface area contributed by atoms with Gasteiger partial charge in [0.2, 0.25) is 0 Å². The van der Waals surface area contributed by atoms with Crippen LogP contribution < -0.4 is 0 Å². The molecule has 0 N–H and O–H groups in total. The average molecular weight is 383 g/mol. The highest BCUT2D eigenvalue weighted by Crippen LogP contribution is 2.30. The van der Waals surface area contributed by atoms with E-state index < -0.39 is 11.6 Å². The maximum atomic E-state index is 14.7. The molecule has 0 unspecified atom stereocenters. The van der Waals surface area contributed by atoms with Crippen LogP contribution in [0.2, 0.25) is 0 Å². The Labute approximate surface area is 169 Å². The van der Waals surface area contributed by atoms with E-state index in [1.807, 2.05) is 39.0 Å². The molecule has 0 aliphatic rings. The highest BCUT2D eigenvalue weighted by molar-refractivity contribution is 5.86. The minimum absolute atomic E-state index is 0.0666. The van der Waals surface area contributed by atoms with E-state index in [0.717, 1.165) is 29.5 Å². The first kappa shape index (κ1) is 22.1. The Morgan fingerprint density at radius 3 is 2.25 bits per heavy atom. The zero-order chi connectivity index (χ0) is 20.8. The van der Waals surface area contributed by atoms with E-state index in [1.54, 1.807) is 6.92 Å². The van der Waals surface area contributed by atoms with E-state index in [-0.39, 0.29) is 5.56 Å². The Balaban J connectivity index is 2.52. The lowest BCUT2D eigenvalue weighted by Crippen LogP contribution is -2.00. The van der Waals surface area contributed by atoms with E-state index in [1.165, 1.54) is 17.7 Å². The summed E-state index contributed by atoms with van der Waals surface area (Å²) in [5, 5.41) is 0. The molecule has 0 fully saturated rings. The quantitative estimate of drug-likeness (QED) is 0.423. The maximum absolute atomic E-state index is 14.7. The van der Waals surface area contributed by atoms with E-state index in [2.05, 4.69) is 26.0 Å². The smallest absolute Gasteiger partial charge is 0.133 e. The molecular weight excluding hydrogens is 350 g/mol. The van der Waals surface area contributed by atoms with E-state index in [0.29, 0.717) is 23.5 Å². The molecule has 150 valence electrons. The molecule has 2 aromatic carbocycles. The van der Waals surface area contributed by atoms with Gasteiger partial charge < -0.3 is 0 Å². The van der Waals surface area contributed by atoms with Crippen molar-refractivity contribution < 1.29 is 8.78 Å². The van der Waals surface area contributed by atoms with Crippen LogP contribution >= 0.6 is 0 Å². The fourth-order valence-corrected chi connectivity index (χ4v) is 3.57. The van der Waals surface area contributed by atoms with Gasteiger partial charge in [-0.3, -0.25) is 0 Å². The minimum atomic E-state index is -0.488. The number of rotatable bonds is 7. The van der Waals surface area contributed by atoms with Crippen LogP contribution in [0.25, 0.3) is 17.2 Å². The highest BCUT2D eigenvalue weighted by Gasteiger charge is 2.15. The second-order valence-electron chi connectivity index (χ2n) is 8.07. The molecule has 0 aliphatic heterocycles. The molecule has 0 aromatic heterocycles. The third kappa shape index (κ3) is 5.41. The van der Waals surface area contributed by atoms with Crippen LogP contribution in [-0.4, -0.2) is 0 Å². The number of hydrogen-bond donors (Lipinski definition) is 0. The Hall–Kier alpha value is -2.22. The van der Waals surface area contributed by atoms with E-state index >= 15 is 0 Å². The van der Waals surface area contributed by atoms with E-state index in [9.17, 15) is 8.78 Å². The molecule has 0 heterocycles. The third-order valence-corrected chi connectivity index (χ3v) is 4.99. The molecule has 0 saturated carbocycles. The minimum Gasteiger partial charge on any atom is -0.206 e. The van der Waals surface area contributed by atoms with Gasteiger partial charge in [0.1, 0.15) is 11.6 Å². The second kappa shape index (κ2) is 9.82. The maximum Gasteiger partial charge on any atom is 0.133 e. The van der Waals surface area contributed by atoms with Crippen molar-refractivity contribution >= 4 is 17.2 Å². The first-order chi connectivity index (χ1) is 13.2. The van der Waals surface area contributed by atoms with Crippen LogP contribution in [0.3, 0.4) is 0 Å². The van der Waals surface area contributed by atoms with E-state index in [4.69, 9.17) is 0 Å². The monoisotopic (exact) mass is 382 g/mol. The average Bonchev–Trinajstić information content (AvgIpc) is 2.60. The SMILES string of the molecule is CCC/C=C(\C)c1cccc(C)c1/C=C(\C)c1c(F)cc(CC(C)C)cc1F. The fourth-order valence-electron chi connectivity index (χ4n) is 3.57. The van der Waals surface area contributed by atoms with Crippen LogP contribution in [0.4, 0.5) is 8.78 Å². The summed E-state index contributed by atoms with van der Waals surface area (Å²) < 4.78 is 29.5. The summed E-state index contributed by atoms with van der Waals surface area (Å²) in [6.45, 7) is 12.2. The normalized spacial score (nSPS) is 12.8. The molecule has 0 nitrogen and oxygen atoms in total. The summed E-state index contributed by atoms with van der Waals surface area (Å²) in [6.07, 6.45) is 6.91. The first-order valence-corrected chi connectivity index (χ1v) is 10.2. The molecule has 0 radical (unpaired) electrons. The van der Waals surface area contributed by atoms with Crippen molar-refractivity contribution in [2.75, 3.05) is 0 Å². The van der Waals surface area contributed by atoms with Crippen LogP contribution in [0.5, 0.6) is 0 Å². The number of allylic oxidation sites excluding steroid dienone is 3. The molecule has 2 rings (SSSR count). The largest absolute Gasteiger partial charge is 0.206 e. The van der Waals surface area contributed by atoms with Crippen molar-refractivity contribution in [3.8, 4) is 0 Å². The second-order valence-corrected chi connectivity index (χ2v) is 8.07. The lowest BCUT2D eigenvalue weighted by atomic mass is 9.92. The molecule has 0 bridgehead atoms. The molecule has 0 amide bonds. The van der Waals surface area contributed by atoms with Crippen LogP contribution in [0, 0.1) is 24.5 Å². The van der Waals surface area contributed by atoms with Crippen molar-refractivity contribution in [3.63, 3.8) is 0 Å². The predicted molar refractivity (Wildman–Crippen MR) is 118 cm³/mol. The fraction of sp³-hybridized carbons (Fsp3) is 0.385. The van der Waals surface area contributed by atoms with Gasteiger partial charge in [-0.05, 0) is 85.1 Å². The Morgan fingerprint density at radius 1 is 1.04 bits per heavy atom. The Kier molecular flexibility index (Phi) is 7.74. The standard InChI is InChI=1S/C26H32F2/c1-7-8-10-18(4)22-12-9-11-19(5)23(22)14-20(6)26-24(27)15-21(13-17(2)3)16-25(26)28/h9-12,14-17H,7-8,13H2,1-6H3/b18-10+,20-14+. The van der Waals surface area contributed by atoms with Gasteiger partial charge in [0.15, 0.2) is 0 Å². The van der Waals surface area contributed by atoms with Crippen molar-refractivity contribution in [2.24, 2.45) is 5.92 Å². The van der Waals surface area contributed by atoms with Gasteiger partial charge in [-0.1, -0.05) is 57.5 Å². The summed E-state index contributed by atoms with van der Waals surface area (Å²) in [5.41, 5.74) is 5.80. The molecule has 0 saturated heterocycles. The zero-order valence-electron chi connectivity index (χ0n) is 18.0. The van der Waals surface area contributed by atoms with Crippen molar-refractivity contribution in [1.29, 1.82) is 0 Å². The third-order valence-electron chi connectivity index (χ3n) is 4.99. The molecule has 2 aromatic rings. The topological polar surface area (TPSA) is 0 Å². The molecule has 28 heavy (non-hydrogen) atoms. The molecule has 0 atom stereocenters. The predicted octanol–water partition coefficient (Wildman–Crippen LogP) is 8.24. The number of aryl methyl sites for hydroxylation is 1. The van der Waals surface area contributed by atoms with Crippen LogP contribution in [0.1, 0.15) is 75.3 Å². The Bertz CT molecular complexity index is 862. The summed E-state index contributed by atoms with van der Waals surface area (Å²) in [4.78, 5) is 0. The number of unbranched alkanes of at least 4 members (excludes halogenated alkanes) is 1. The van der Waals surface area contributed by atoms with Crippen molar-refractivity contribution in [1.82, 2.24) is 0 Å². The highest BCUT2D eigenvalue weighted by atomic mass is 19.1. The van der Waals surface area contributed by atoms with Gasteiger partial charge in [0, 0.05) is 5.56 Å². The van der Waals surface area contributed by atoms with Crippen LogP contribution in [0.15, 0.2) is 36.4 Å². The summed E-state index contributed by atoms with van der Waals surface area (Å²) in [5.74, 6) is -0.621. The zero-order valence-corrected chi connectivity index (χ0v) is 18.0. The van der Waals surface area contributed by atoms with Crippen molar-refractivity contribution in [3.05, 3.63) is 75.9 Å². The number of benzene rings is 2. The molecule has 0 aliphatic carbocycles. The Morgan fingerprint density at radius 2 is 1.68 bits per heavy atom. The first-order valence-electron chi connectivity index (χ1n) is 10.2.